The van der Waals surface area contributed by atoms with E-state index in [0.29, 0.717) is 6.04 Å². The maximum Gasteiger partial charge on any atom is 0.352 e. The number of thioether (sulfide) groups is 1. The summed E-state index contributed by atoms with van der Waals surface area (Å²) < 4.78 is 0. The third-order valence-electron chi connectivity index (χ3n) is 6.55. The summed E-state index contributed by atoms with van der Waals surface area (Å²) in [6.07, 6.45) is 4.74. The smallest absolute Gasteiger partial charge is 0.352 e. The Bertz CT molecular complexity index is 629. The van der Waals surface area contributed by atoms with E-state index in [0.717, 1.165) is 42.9 Å². The van der Waals surface area contributed by atoms with Crippen LogP contribution >= 0.6 is 11.8 Å². The van der Waals surface area contributed by atoms with E-state index in [2.05, 4.69) is 5.32 Å². The summed E-state index contributed by atoms with van der Waals surface area (Å²) in [6, 6.07) is 0.435. The van der Waals surface area contributed by atoms with Crippen molar-refractivity contribution in [3.63, 3.8) is 0 Å². The zero-order valence-corrected chi connectivity index (χ0v) is 16.0. The summed E-state index contributed by atoms with van der Waals surface area (Å²) in [5.74, 6) is 0.696. The first-order valence-electron chi connectivity index (χ1n) is 9.80. The van der Waals surface area contributed by atoms with E-state index in [1.807, 2.05) is 11.8 Å². The van der Waals surface area contributed by atoms with Gasteiger partial charge in [0.1, 0.15) is 5.70 Å². The number of hydrogen-bond donors (Lipinski definition) is 3. The molecule has 0 bridgehead atoms. The van der Waals surface area contributed by atoms with Crippen molar-refractivity contribution in [3.05, 3.63) is 11.3 Å². The highest BCUT2D eigenvalue weighted by Gasteiger charge is 2.62. The molecular weight excluding hydrogens is 352 g/mol. The summed E-state index contributed by atoms with van der Waals surface area (Å²) >= 11 is 1.91. The number of amides is 1. The third-order valence-corrected chi connectivity index (χ3v) is 7.82. The van der Waals surface area contributed by atoms with Gasteiger partial charge in [-0.05, 0) is 56.4 Å². The Morgan fingerprint density at radius 2 is 2.12 bits per heavy atom. The molecule has 1 aliphatic carbocycles. The van der Waals surface area contributed by atoms with Crippen LogP contribution in [-0.2, 0) is 9.59 Å². The normalized spacial score (nSPS) is 37.4. The lowest BCUT2D eigenvalue weighted by molar-refractivity contribution is -0.163. The average Bonchev–Trinajstić information content (AvgIpc) is 3.19. The van der Waals surface area contributed by atoms with Crippen molar-refractivity contribution < 1.29 is 19.8 Å². The zero-order valence-electron chi connectivity index (χ0n) is 15.2. The molecule has 2 saturated heterocycles. The minimum absolute atomic E-state index is 0.113. The van der Waals surface area contributed by atoms with Gasteiger partial charge in [0, 0.05) is 17.7 Å². The van der Waals surface area contributed by atoms with Crippen LogP contribution in [0.3, 0.4) is 0 Å². The van der Waals surface area contributed by atoms with Crippen molar-refractivity contribution in [2.75, 3.05) is 18.1 Å². The monoisotopic (exact) mass is 380 g/mol. The first kappa shape index (κ1) is 18.3. The first-order valence-corrected chi connectivity index (χ1v) is 11.0. The molecule has 3 fully saturated rings. The summed E-state index contributed by atoms with van der Waals surface area (Å²) in [4.78, 5) is 25.9. The Morgan fingerprint density at radius 1 is 1.31 bits per heavy atom. The summed E-state index contributed by atoms with van der Waals surface area (Å²) in [7, 11) is 0. The van der Waals surface area contributed by atoms with E-state index in [4.69, 9.17) is 0 Å². The van der Waals surface area contributed by atoms with Gasteiger partial charge in [0.15, 0.2) is 0 Å². The van der Waals surface area contributed by atoms with Gasteiger partial charge in [0.25, 0.3) is 0 Å². The van der Waals surface area contributed by atoms with Crippen LogP contribution in [0.4, 0.5) is 0 Å². The van der Waals surface area contributed by atoms with Gasteiger partial charge >= 0.3 is 5.97 Å². The maximum atomic E-state index is 12.5. The maximum absolute atomic E-state index is 12.5. The predicted octanol–water partition coefficient (Wildman–Crippen LogP) is 1.45. The molecule has 6 nitrogen and oxygen atoms in total. The second-order valence-electron chi connectivity index (χ2n) is 8.14. The fourth-order valence-corrected chi connectivity index (χ4v) is 6.76. The quantitative estimate of drug-likeness (QED) is 0.605. The molecule has 3 heterocycles. The molecule has 0 aromatic carbocycles. The highest BCUT2D eigenvalue weighted by molar-refractivity contribution is 7.99. The van der Waals surface area contributed by atoms with Gasteiger partial charge in [0.2, 0.25) is 5.91 Å². The van der Waals surface area contributed by atoms with E-state index >= 15 is 0 Å². The van der Waals surface area contributed by atoms with E-state index in [1.165, 1.54) is 17.7 Å². The topological polar surface area (TPSA) is 89.9 Å². The van der Waals surface area contributed by atoms with E-state index < -0.39 is 18.0 Å². The lowest BCUT2D eigenvalue weighted by Gasteiger charge is -2.47. The number of fused-ring (bicyclic) bond motifs is 3. The number of nitrogens with one attached hydrogen (secondary N) is 1. The Kier molecular flexibility index (Phi) is 5.05. The van der Waals surface area contributed by atoms with Gasteiger partial charge in [-0.1, -0.05) is 6.42 Å². The van der Waals surface area contributed by atoms with Crippen molar-refractivity contribution in [2.45, 2.75) is 57.2 Å². The fourth-order valence-electron chi connectivity index (χ4n) is 5.43. The number of carbonyl (C=O) groups excluding carboxylic acids is 1. The molecular formula is C19H28N2O4S. The van der Waals surface area contributed by atoms with Crippen LogP contribution in [0.5, 0.6) is 0 Å². The summed E-state index contributed by atoms with van der Waals surface area (Å²) in [6.45, 7) is 2.74. The third kappa shape index (κ3) is 2.88. The average molecular weight is 381 g/mol. The SMILES string of the molecule is C[C@@H](O)[C@H]1C(=O)N2C(C(=O)O)=C3[C@@H](CSC[C@@H]4CCCN4)CCC[C@@H]3[C@H]12. The number of rotatable bonds is 6. The minimum Gasteiger partial charge on any atom is -0.477 e. The number of carbonyl (C=O) groups is 2. The molecule has 144 valence electrons. The molecule has 4 aliphatic rings. The number of hydrogen-bond acceptors (Lipinski definition) is 5. The number of aliphatic hydroxyl groups excluding tert-OH is 1. The molecule has 0 spiro atoms. The minimum atomic E-state index is -0.987. The number of β-lactam (4-membered cyclic amide) rings is 1. The van der Waals surface area contributed by atoms with Crippen LogP contribution < -0.4 is 5.32 Å². The lowest BCUT2D eigenvalue weighted by Crippen LogP contribution is -2.64. The molecule has 7 heteroatoms. The molecule has 0 unspecified atom stereocenters. The highest BCUT2D eigenvalue weighted by Crippen LogP contribution is 2.54. The van der Waals surface area contributed by atoms with E-state index in [9.17, 15) is 19.8 Å². The Morgan fingerprint density at radius 3 is 2.77 bits per heavy atom. The first-order chi connectivity index (χ1) is 12.5. The Balaban J connectivity index is 1.52. The van der Waals surface area contributed by atoms with Crippen molar-refractivity contribution in [1.82, 2.24) is 10.2 Å². The van der Waals surface area contributed by atoms with Gasteiger partial charge in [-0.2, -0.15) is 11.8 Å². The van der Waals surface area contributed by atoms with Crippen LogP contribution in [0.1, 0.15) is 39.0 Å². The van der Waals surface area contributed by atoms with Crippen molar-refractivity contribution in [3.8, 4) is 0 Å². The number of nitrogens with zero attached hydrogens (tertiary/aromatic N) is 1. The van der Waals surface area contributed by atoms with Gasteiger partial charge in [-0.15, -0.1) is 0 Å². The van der Waals surface area contributed by atoms with E-state index in [-0.39, 0.29) is 29.5 Å². The molecule has 3 N–H and O–H groups in total. The van der Waals surface area contributed by atoms with Gasteiger partial charge < -0.3 is 20.4 Å². The standard InChI is InChI=1S/C19H28N2O4S/c1-10(22)14-16-13-6-2-4-11(8-26-9-12-5-3-7-20-12)15(13)17(19(24)25)21(16)18(14)23/h10-14,16,20,22H,2-9H2,1H3,(H,24,25)/t10-,11-,12+,13+,14-,16-/m1/s1. The highest BCUT2D eigenvalue weighted by atomic mass is 32.2. The predicted molar refractivity (Wildman–Crippen MR) is 99.6 cm³/mol. The zero-order chi connectivity index (χ0) is 18.4. The lowest BCUT2D eigenvalue weighted by atomic mass is 9.70. The Hall–Kier alpha value is -1.05. The second kappa shape index (κ2) is 7.17. The molecule has 6 atom stereocenters. The summed E-state index contributed by atoms with van der Waals surface area (Å²) in [5.41, 5.74) is 1.21. The van der Waals surface area contributed by atoms with Gasteiger partial charge in [-0.3, -0.25) is 4.79 Å². The molecule has 0 radical (unpaired) electrons. The largest absolute Gasteiger partial charge is 0.477 e. The van der Waals surface area contributed by atoms with Crippen LogP contribution in [0.25, 0.3) is 0 Å². The molecule has 0 aromatic rings. The van der Waals surface area contributed by atoms with Crippen molar-refractivity contribution >= 4 is 23.6 Å². The van der Waals surface area contributed by atoms with Crippen LogP contribution in [0.15, 0.2) is 11.3 Å². The molecule has 1 saturated carbocycles. The molecule has 3 aliphatic heterocycles. The molecule has 4 rings (SSSR count). The molecule has 26 heavy (non-hydrogen) atoms. The number of carboxylic acid groups (broad SMARTS) is 1. The summed E-state index contributed by atoms with van der Waals surface area (Å²) in [5, 5.41) is 23.3. The van der Waals surface area contributed by atoms with E-state index in [1.54, 1.807) is 6.92 Å². The van der Waals surface area contributed by atoms with Crippen LogP contribution in [0.2, 0.25) is 0 Å². The van der Waals surface area contributed by atoms with Crippen LogP contribution in [-0.4, -0.2) is 63.2 Å². The number of aliphatic carboxylic acids is 1. The fraction of sp³-hybridized carbons (Fsp3) is 0.789. The Labute approximate surface area is 158 Å². The van der Waals surface area contributed by atoms with Gasteiger partial charge in [-0.25, -0.2) is 4.79 Å². The molecule has 0 aromatic heterocycles. The van der Waals surface area contributed by atoms with Crippen LogP contribution in [0, 0.1) is 17.8 Å². The van der Waals surface area contributed by atoms with Gasteiger partial charge in [0.05, 0.1) is 18.1 Å². The number of aliphatic hydroxyl groups is 1. The number of carboxylic acids is 1. The van der Waals surface area contributed by atoms with Crippen molar-refractivity contribution in [1.29, 1.82) is 0 Å². The van der Waals surface area contributed by atoms with Crippen molar-refractivity contribution in [2.24, 2.45) is 17.8 Å². The molecule has 1 amide bonds. The second-order valence-corrected chi connectivity index (χ2v) is 9.21.